The zero-order valence-electron chi connectivity index (χ0n) is 11.0. The first kappa shape index (κ1) is 14.0. The number of aliphatic hydroxyl groups is 1. The Morgan fingerprint density at radius 2 is 2.06 bits per heavy atom. The lowest BCUT2D eigenvalue weighted by Crippen LogP contribution is -2.40. The highest BCUT2D eigenvalue weighted by molar-refractivity contribution is 4.79. The molecule has 0 aromatic heterocycles. The minimum atomic E-state index is -0.0569. The lowest BCUT2D eigenvalue weighted by atomic mass is 9.92. The maximum absolute atomic E-state index is 9.60. The summed E-state index contributed by atoms with van der Waals surface area (Å²) in [6.45, 7) is 4.54. The van der Waals surface area contributed by atoms with Crippen molar-refractivity contribution in [1.29, 1.82) is 0 Å². The van der Waals surface area contributed by atoms with Gasteiger partial charge in [-0.15, -0.1) is 0 Å². The smallest absolute Gasteiger partial charge is 0.0555 e. The van der Waals surface area contributed by atoms with Gasteiger partial charge in [0.05, 0.1) is 6.10 Å². The molecule has 96 valence electrons. The van der Waals surface area contributed by atoms with Crippen LogP contribution >= 0.6 is 0 Å². The van der Waals surface area contributed by atoms with Crippen LogP contribution in [0.3, 0.4) is 0 Å². The van der Waals surface area contributed by atoms with Crippen LogP contribution in [0.4, 0.5) is 0 Å². The maximum Gasteiger partial charge on any atom is 0.0555 e. The molecule has 3 unspecified atom stereocenters. The average Bonchev–Trinajstić information content (AvgIpc) is 2.24. The van der Waals surface area contributed by atoms with E-state index in [0.29, 0.717) is 12.1 Å². The van der Waals surface area contributed by atoms with Crippen LogP contribution in [-0.2, 0) is 0 Å². The zero-order valence-corrected chi connectivity index (χ0v) is 11.0. The monoisotopic (exact) mass is 227 g/mol. The van der Waals surface area contributed by atoms with Crippen LogP contribution in [-0.4, -0.2) is 23.3 Å². The highest BCUT2D eigenvalue weighted by Crippen LogP contribution is 2.19. The van der Waals surface area contributed by atoms with Crippen LogP contribution < -0.4 is 5.32 Å². The van der Waals surface area contributed by atoms with Crippen LogP contribution in [0.2, 0.25) is 0 Å². The molecule has 0 aromatic carbocycles. The normalized spacial score (nSPS) is 27.9. The fraction of sp³-hybridized carbons (Fsp3) is 1.00. The minimum absolute atomic E-state index is 0.0569. The number of nitrogens with one attached hydrogen (secondary N) is 1. The van der Waals surface area contributed by atoms with E-state index < -0.39 is 0 Å². The summed E-state index contributed by atoms with van der Waals surface area (Å²) < 4.78 is 0. The second kappa shape index (κ2) is 8.08. The van der Waals surface area contributed by atoms with Gasteiger partial charge in [-0.1, -0.05) is 32.6 Å². The highest BCUT2D eigenvalue weighted by atomic mass is 16.3. The standard InChI is InChI=1S/C14H29NO/c1-3-4-5-6-8-12(2)15-13-9-7-10-14(16)11-13/h12-16H,3-11H2,1-2H3. The van der Waals surface area contributed by atoms with Gasteiger partial charge in [-0.3, -0.25) is 0 Å². The Balaban J connectivity index is 2.06. The molecule has 0 aromatic rings. The molecule has 1 saturated carbocycles. The predicted molar refractivity (Wildman–Crippen MR) is 69.6 cm³/mol. The summed E-state index contributed by atoms with van der Waals surface area (Å²) in [6, 6.07) is 1.18. The van der Waals surface area contributed by atoms with Crippen molar-refractivity contribution in [2.45, 2.75) is 89.8 Å². The van der Waals surface area contributed by atoms with Crippen LogP contribution in [0, 0.1) is 0 Å². The van der Waals surface area contributed by atoms with Gasteiger partial charge in [-0.2, -0.15) is 0 Å². The topological polar surface area (TPSA) is 32.3 Å². The van der Waals surface area contributed by atoms with Gasteiger partial charge in [-0.05, 0) is 39.0 Å². The van der Waals surface area contributed by atoms with Gasteiger partial charge in [0, 0.05) is 12.1 Å². The number of aliphatic hydroxyl groups excluding tert-OH is 1. The van der Waals surface area contributed by atoms with Crippen molar-refractivity contribution in [1.82, 2.24) is 5.32 Å². The molecule has 0 bridgehead atoms. The Morgan fingerprint density at radius 1 is 1.25 bits per heavy atom. The van der Waals surface area contributed by atoms with Gasteiger partial charge < -0.3 is 10.4 Å². The molecule has 3 atom stereocenters. The molecule has 0 radical (unpaired) electrons. The van der Waals surface area contributed by atoms with Crippen molar-refractivity contribution in [2.24, 2.45) is 0 Å². The van der Waals surface area contributed by atoms with Crippen LogP contribution in [0.5, 0.6) is 0 Å². The fourth-order valence-corrected chi connectivity index (χ4v) is 2.68. The Hall–Kier alpha value is -0.0800. The van der Waals surface area contributed by atoms with Crippen molar-refractivity contribution < 1.29 is 5.11 Å². The van der Waals surface area contributed by atoms with Crippen LogP contribution in [0.1, 0.15) is 71.6 Å². The summed E-state index contributed by atoms with van der Waals surface area (Å²) in [6.07, 6.45) is 11.0. The van der Waals surface area contributed by atoms with Gasteiger partial charge in [-0.25, -0.2) is 0 Å². The van der Waals surface area contributed by atoms with E-state index in [2.05, 4.69) is 19.2 Å². The Labute approximate surface area is 101 Å². The Bertz CT molecular complexity index is 172. The Morgan fingerprint density at radius 3 is 2.75 bits per heavy atom. The van der Waals surface area contributed by atoms with E-state index in [9.17, 15) is 5.11 Å². The molecule has 2 heteroatoms. The molecular formula is C14H29NO. The molecule has 0 amide bonds. The van der Waals surface area contributed by atoms with E-state index in [1.807, 2.05) is 0 Å². The number of unbranched alkanes of at least 4 members (excludes halogenated alkanes) is 3. The summed E-state index contributed by atoms with van der Waals surface area (Å²) in [5, 5.41) is 13.3. The van der Waals surface area contributed by atoms with E-state index >= 15 is 0 Å². The van der Waals surface area contributed by atoms with E-state index in [1.54, 1.807) is 0 Å². The first-order chi connectivity index (χ1) is 7.72. The molecule has 0 heterocycles. The van der Waals surface area contributed by atoms with Crippen molar-refractivity contribution in [2.75, 3.05) is 0 Å². The second-order valence-electron chi connectivity index (χ2n) is 5.43. The number of hydrogen-bond acceptors (Lipinski definition) is 2. The fourth-order valence-electron chi connectivity index (χ4n) is 2.68. The van der Waals surface area contributed by atoms with Crippen molar-refractivity contribution in [3.8, 4) is 0 Å². The van der Waals surface area contributed by atoms with E-state index in [0.717, 1.165) is 12.8 Å². The molecule has 1 aliphatic carbocycles. The quantitative estimate of drug-likeness (QED) is 0.654. The molecule has 0 saturated heterocycles. The van der Waals surface area contributed by atoms with Gasteiger partial charge in [0.25, 0.3) is 0 Å². The highest BCUT2D eigenvalue weighted by Gasteiger charge is 2.20. The summed E-state index contributed by atoms with van der Waals surface area (Å²) in [7, 11) is 0. The minimum Gasteiger partial charge on any atom is -0.393 e. The van der Waals surface area contributed by atoms with E-state index in [1.165, 1.54) is 44.9 Å². The summed E-state index contributed by atoms with van der Waals surface area (Å²) in [4.78, 5) is 0. The molecule has 0 spiro atoms. The summed E-state index contributed by atoms with van der Waals surface area (Å²) >= 11 is 0. The zero-order chi connectivity index (χ0) is 11.8. The second-order valence-corrected chi connectivity index (χ2v) is 5.43. The number of hydrogen-bond donors (Lipinski definition) is 2. The summed E-state index contributed by atoms with van der Waals surface area (Å²) in [5.41, 5.74) is 0. The molecule has 2 N–H and O–H groups in total. The third-order valence-electron chi connectivity index (χ3n) is 3.66. The van der Waals surface area contributed by atoms with E-state index in [-0.39, 0.29) is 6.10 Å². The van der Waals surface area contributed by atoms with Gasteiger partial charge in [0.2, 0.25) is 0 Å². The molecule has 1 aliphatic rings. The van der Waals surface area contributed by atoms with Gasteiger partial charge >= 0.3 is 0 Å². The Kier molecular flexibility index (Phi) is 7.06. The molecule has 2 nitrogen and oxygen atoms in total. The maximum atomic E-state index is 9.60. The summed E-state index contributed by atoms with van der Waals surface area (Å²) in [5.74, 6) is 0. The lowest BCUT2D eigenvalue weighted by Gasteiger charge is -2.29. The third-order valence-corrected chi connectivity index (χ3v) is 3.66. The van der Waals surface area contributed by atoms with Crippen molar-refractivity contribution in [3.05, 3.63) is 0 Å². The average molecular weight is 227 g/mol. The van der Waals surface area contributed by atoms with Gasteiger partial charge in [0.1, 0.15) is 0 Å². The molecular weight excluding hydrogens is 198 g/mol. The molecule has 0 aliphatic heterocycles. The number of rotatable bonds is 7. The first-order valence-corrected chi connectivity index (χ1v) is 7.16. The van der Waals surface area contributed by atoms with Crippen LogP contribution in [0.25, 0.3) is 0 Å². The molecule has 1 fully saturated rings. The molecule has 1 rings (SSSR count). The van der Waals surface area contributed by atoms with E-state index in [4.69, 9.17) is 0 Å². The van der Waals surface area contributed by atoms with Crippen molar-refractivity contribution >= 4 is 0 Å². The SMILES string of the molecule is CCCCCCC(C)NC1CCCC(O)C1. The largest absolute Gasteiger partial charge is 0.393 e. The predicted octanol–water partition coefficient (Wildman–Crippen LogP) is 3.24. The van der Waals surface area contributed by atoms with Gasteiger partial charge in [0.15, 0.2) is 0 Å². The third kappa shape index (κ3) is 5.86. The molecule has 16 heavy (non-hydrogen) atoms. The van der Waals surface area contributed by atoms with Crippen LogP contribution in [0.15, 0.2) is 0 Å². The lowest BCUT2D eigenvalue weighted by molar-refractivity contribution is 0.109. The first-order valence-electron chi connectivity index (χ1n) is 7.16. The van der Waals surface area contributed by atoms with Crippen molar-refractivity contribution in [3.63, 3.8) is 0 Å².